The largest absolute Gasteiger partial charge is 0.481 e. The number of likely N-dealkylation sites (tertiary alicyclic amines) is 1. The van der Waals surface area contributed by atoms with Crippen LogP contribution in [0.25, 0.3) is 0 Å². The molecule has 1 aromatic heterocycles. The molecule has 1 aliphatic rings. The van der Waals surface area contributed by atoms with Gasteiger partial charge in [0, 0.05) is 24.3 Å². The number of hydrogen-bond donors (Lipinski definition) is 1. The second-order valence-corrected chi connectivity index (χ2v) is 6.19. The Morgan fingerprint density at radius 1 is 1.38 bits per heavy atom. The summed E-state index contributed by atoms with van der Waals surface area (Å²) >= 11 is 0. The van der Waals surface area contributed by atoms with E-state index >= 15 is 0 Å². The van der Waals surface area contributed by atoms with Crippen molar-refractivity contribution in [1.82, 2.24) is 14.7 Å². The van der Waals surface area contributed by atoms with E-state index < -0.39 is 30.5 Å². The van der Waals surface area contributed by atoms with Gasteiger partial charge in [0.15, 0.2) is 0 Å². The Morgan fingerprint density at radius 3 is 2.50 bits per heavy atom. The van der Waals surface area contributed by atoms with Crippen LogP contribution in [-0.4, -0.2) is 50.9 Å². The average molecular weight is 347 g/mol. The number of halogens is 3. The van der Waals surface area contributed by atoms with E-state index in [9.17, 15) is 22.8 Å². The van der Waals surface area contributed by atoms with E-state index in [1.165, 1.54) is 11.8 Å². The van der Waals surface area contributed by atoms with Crippen molar-refractivity contribution < 1.29 is 27.9 Å². The normalized spacial score (nSPS) is 19.6. The number of rotatable bonds is 4. The summed E-state index contributed by atoms with van der Waals surface area (Å²) in [6, 6.07) is 0. The minimum Gasteiger partial charge on any atom is -0.481 e. The lowest BCUT2D eigenvalue weighted by atomic mass is 9.97. The fourth-order valence-corrected chi connectivity index (χ4v) is 3.22. The third-order valence-electron chi connectivity index (χ3n) is 4.42. The molecular weight excluding hydrogens is 327 g/mol. The van der Waals surface area contributed by atoms with Crippen molar-refractivity contribution in [2.24, 2.45) is 5.92 Å². The molecular formula is C15H20F3N3O3. The Hall–Kier alpha value is -2.06. The minimum atomic E-state index is -4.39. The number of carboxylic acid groups (broad SMARTS) is 1. The maximum absolute atomic E-state index is 12.6. The summed E-state index contributed by atoms with van der Waals surface area (Å²) in [7, 11) is 0. The lowest BCUT2D eigenvalue weighted by Crippen LogP contribution is -2.33. The first-order chi connectivity index (χ1) is 11.0. The molecule has 1 aliphatic heterocycles. The lowest BCUT2D eigenvalue weighted by Gasteiger charge is -2.21. The number of nitrogens with zero attached hydrogens (tertiary/aromatic N) is 3. The van der Waals surface area contributed by atoms with Crippen LogP contribution in [0.2, 0.25) is 0 Å². The second-order valence-electron chi connectivity index (χ2n) is 6.19. The van der Waals surface area contributed by atoms with Crippen LogP contribution in [0.15, 0.2) is 0 Å². The van der Waals surface area contributed by atoms with Crippen LogP contribution in [-0.2, 0) is 16.1 Å². The number of carbonyl (C=O) groups is 2. The van der Waals surface area contributed by atoms with Crippen LogP contribution in [0.1, 0.15) is 36.2 Å². The zero-order valence-corrected chi connectivity index (χ0v) is 13.7. The van der Waals surface area contributed by atoms with Gasteiger partial charge in [-0.25, -0.2) is 0 Å². The van der Waals surface area contributed by atoms with Crippen LogP contribution in [0.4, 0.5) is 13.2 Å². The van der Waals surface area contributed by atoms with Gasteiger partial charge in [-0.05, 0) is 27.2 Å². The number of alkyl halides is 3. The summed E-state index contributed by atoms with van der Waals surface area (Å²) < 4.78 is 38.6. The van der Waals surface area contributed by atoms with Crippen LogP contribution in [0.3, 0.4) is 0 Å². The lowest BCUT2D eigenvalue weighted by molar-refractivity contribution is -0.143. The monoisotopic (exact) mass is 347 g/mol. The fourth-order valence-electron chi connectivity index (χ4n) is 3.22. The summed E-state index contributed by atoms with van der Waals surface area (Å²) in [5.41, 5.74) is 1.16. The van der Waals surface area contributed by atoms with Crippen molar-refractivity contribution in [3.8, 4) is 0 Å². The third kappa shape index (κ3) is 3.70. The van der Waals surface area contributed by atoms with Crippen LogP contribution in [0.5, 0.6) is 0 Å². The van der Waals surface area contributed by atoms with Crippen molar-refractivity contribution >= 4 is 11.9 Å². The van der Waals surface area contributed by atoms with Gasteiger partial charge in [0.1, 0.15) is 6.54 Å². The number of hydrogen-bond acceptors (Lipinski definition) is 3. The zero-order valence-electron chi connectivity index (χ0n) is 13.7. The molecule has 1 fully saturated rings. The highest BCUT2D eigenvalue weighted by Gasteiger charge is 2.36. The molecule has 0 aliphatic carbocycles. The highest BCUT2D eigenvalue weighted by molar-refractivity contribution is 5.85. The highest BCUT2D eigenvalue weighted by Crippen LogP contribution is 2.29. The predicted molar refractivity (Wildman–Crippen MR) is 78.5 cm³/mol. The SMILES string of the molecule is Cc1nn(CC(F)(F)F)c(C)c1C(C)C(=O)N1CCC(C(=O)O)C1. The molecule has 2 heterocycles. The molecule has 1 N–H and O–H groups in total. The summed E-state index contributed by atoms with van der Waals surface area (Å²) in [6.45, 7) is 3.97. The van der Waals surface area contributed by atoms with Gasteiger partial charge in [0.25, 0.3) is 0 Å². The molecule has 0 bridgehead atoms. The topological polar surface area (TPSA) is 75.4 Å². The molecule has 2 unspecified atom stereocenters. The molecule has 1 aromatic rings. The summed E-state index contributed by atoms with van der Waals surface area (Å²) in [6.07, 6.45) is -4.00. The zero-order chi connectivity index (χ0) is 18.2. The molecule has 2 rings (SSSR count). The highest BCUT2D eigenvalue weighted by atomic mass is 19.4. The van der Waals surface area contributed by atoms with Crippen molar-refractivity contribution in [3.05, 3.63) is 17.0 Å². The van der Waals surface area contributed by atoms with Gasteiger partial charge in [-0.15, -0.1) is 0 Å². The molecule has 1 saturated heterocycles. The number of aryl methyl sites for hydroxylation is 1. The van der Waals surface area contributed by atoms with Gasteiger partial charge in [0.05, 0.1) is 17.5 Å². The Morgan fingerprint density at radius 2 is 2.00 bits per heavy atom. The molecule has 0 saturated carbocycles. The first-order valence-corrected chi connectivity index (χ1v) is 7.63. The van der Waals surface area contributed by atoms with E-state index in [0.717, 1.165) is 4.68 Å². The van der Waals surface area contributed by atoms with Crippen molar-refractivity contribution in [2.45, 2.75) is 45.8 Å². The Labute approximate surface area is 137 Å². The summed E-state index contributed by atoms with van der Waals surface area (Å²) in [4.78, 5) is 25.0. The van der Waals surface area contributed by atoms with Crippen molar-refractivity contribution in [1.29, 1.82) is 0 Å². The Bertz CT molecular complexity index is 654. The predicted octanol–water partition coefficient (Wildman–Crippen LogP) is 2.10. The maximum atomic E-state index is 12.6. The third-order valence-corrected chi connectivity index (χ3v) is 4.42. The standard InChI is InChI=1S/C15H20F3N3O3/c1-8(13(22)20-5-4-11(6-20)14(23)24)12-9(2)19-21(10(12)3)7-15(16,17)18/h8,11H,4-7H2,1-3H3,(H,23,24). The second kappa shape index (κ2) is 6.45. The van der Waals surface area contributed by atoms with E-state index in [2.05, 4.69) is 5.10 Å². The Balaban J connectivity index is 2.19. The fraction of sp³-hybridized carbons (Fsp3) is 0.667. The van der Waals surface area contributed by atoms with Gasteiger partial charge in [-0.3, -0.25) is 14.3 Å². The number of aliphatic carboxylic acids is 1. The van der Waals surface area contributed by atoms with E-state index in [1.807, 2.05) is 0 Å². The molecule has 9 heteroatoms. The van der Waals surface area contributed by atoms with Gasteiger partial charge in [0.2, 0.25) is 5.91 Å². The molecule has 2 atom stereocenters. The van der Waals surface area contributed by atoms with Crippen LogP contribution >= 0.6 is 0 Å². The molecule has 0 radical (unpaired) electrons. The van der Waals surface area contributed by atoms with Crippen LogP contribution < -0.4 is 0 Å². The number of amides is 1. The Kier molecular flexibility index (Phi) is 4.91. The quantitative estimate of drug-likeness (QED) is 0.905. The van der Waals surface area contributed by atoms with Gasteiger partial charge in [-0.1, -0.05) is 0 Å². The number of carboxylic acids is 1. The maximum Gasteiger partial charge on any atom is 0.408 e. The van der Waals surface area contributed by atoms with E-state index in [4.69, 9.17) is 5.11 Å². The van der Waals surface area contributed by atoms with E-state index in [1.54, 1.807) is 13.8 Å². The van der Waals surface area contributed by atoms with Crippen LogP contribution in [0, 0.1) is 19.8 Å². The number of carbonyl (C=O) groups excluding carboxylic acids is 1. The molecule has 6 nitrogen and oxygen atoms in total. The van der Waals surface area contributed by atoms with Gasteiger partial charge >= 0.3 is 12.1 Å². The van der Waals surface area contributed by atoms with E-state index in [-0.39, 0.29) is 12.5 Å². The van der Waals surface area contributed by atoms with Crippen molar-refractivity contribution in [3.63, 3.8) is 0 Å². The van der Waals surface area contributed by atoms with Crippen molar-refractivity contribution in [2.75, 3.05) is 13.1 Å². The minimum absolute atomic E-state index is 0.132. The van der Waals surface area contributed by atoms with E-state index in [0.29, 0.717) is 29.9 Å². The van der Waals surface area contributed by atoms with Gasteiger partial charge in [-0.2, -0.15) is 18.3 Å². The molecule has 134 valence electrons. The smallest absolute Gasteiger partial charge is 0.408 e. The van der Waals surface area contributed by atoms with Gasteiger partial charge < -0.3 is 10.0 Å². The molecule has 0 spiro atoms. The molecule has 1 amide bonds. The summed E-state index contributed by atoms with van der Waals surface area (Å²) in [5.74, 6) is -2.48. The first-order valence-electron chi connectivity index (χ1n) is 7.63. The molecule has 0 aromatic carbocycles. The molecule has 24 heavy (non-hydrogen) atoms. The first kappa shape index (κ1) is 18.3. The number of aromatic nitrogens is 2. The average Bonchev–Trinajstić information content (AvgIpc) is 3.02. The summed E-state index contributed by atoms with van der Waals surface area (Å²) in [5, 5.41) is 12.9.